The summed E-state index contributed by atoms with van der Waals surface area (Å²) in [4.78, 5) is 11.4. The van der Waals surface area contributed by atoms with Crippen LogP contribution in [0, 0.1) is 5.92 Å². The van der Waals surface area contributed by atoms with Crippen molar-refractivity contribution in [3.8, 4) is 0 Å². The number of aliphatic hydroxyl groups excluding tert-OH is 1. The van der Waals surface area contributed by atoms with Gasteiger partial charge in [-0.3, -0.25) is 4.79 Å². The first-order chi connectivity index (χ1) is 11.2. The highest BCUT2D eigenvalue weighted by Crippen LogP contribution is 2.43. The summed E-state index contributed by atoms with van der Waals surface area (Å²) in [7, 11) is 0. The van der Waals surface area contributed by atoms with Crippen molar-refractivity contribution in [2.45, 2.75) is 38.5 Å². The number of aldehydes is 1. The van der Waals surface area contributed by atoms with Gasteiger partial charge in [-0.2, -0.15) is 0 Å². The molecule has 1 aromatic heterocycles. The lowest BCUT2D eigenvalue weighted by Gasteiger charge is -2.26. The number of aromatic nitrogens is 1. The van der Waals surface area contributed by atoms with Crippen molar-refractivity contribution in [3.63, 3.8) is 0 Å². The van der Waals surface area contributed by atoms with Gasteiger partial charge in [0.25, 0.3) is 0 Å². The van der Waals surface area contributed by atoms with Crippen LogP contribution in [0.3, 0.4) is 0 Å². The second-order valence-electron chi connectivity index (χ2n) is 6.56. The van der Waals surface area contributed by atoms with Gasteiger partial charge < -0.3 is 15.0 Å². The minimum Gasteiger partial charge on any atom is -0.373 e. The van der Waals surface area contributed by atoms with Gasteiger partial charge in [0.15, 0.2) is 0 Å². The Morgan fingerprint density at radius 3 is 2.96 bits per heavy atom. The van der Waals surface area contributed by atoms with Crippen molar-refractivity contribution < 1.29 is 9.90 Å². The molecule has 2 aromatic rings. The van der Waals surface area contributed by atoms with E-state index < -0.39 is 6.23 Å². The fourth-order valence-electron chi connectivity index (χ4n) is 4.39. The van der Waals surface area contributed by atoms with Crippen LogP contribution in [-0.2, 0) is 11.2 Å². The summed E-state index contributed by atoms with van der Waals surface area (Å²) < 4.78 is 2.10. The molecule has 0 radical (unpaired) electrons. The van der Waals surface area contributed by atoms with Gasteiger partial charge in [0, 0.05) is 17.1 Å². The maximum atomic E-state index is 11.4. The molecule has 2 aliphatic rings. The molecule has 3 heterocycles. The van der Waals surface area contributed by atoms with Crippen molar-refractivity contribution in [2.24, 2.45) is 5.92 Å². The summed E-state index contributed by atoms with van der Waals surface area (Å²) in [6.07, 6.45) is 4.67. The first-order valence-electron chi connectivity index (χ1n) is 8.39. The number of rotatable bonds is 2. The second kappa shape index (κ2) is 5.62. The Morgan fingerprint density at radius 1 is 1.35 bits per heavy atom. The van der Waals surface area contributed by atoms with Crippen LogP contribution in [0.2, 0.25) is 0 Å². The molecule has 0 amide bonds. The maximum Gasteiger partial charge on any atom is 0.145 e. The summed E-state index contributed by atoms with van der Waals surface area (Å²) in [5.74, 6) is 0.0922. The van der Waals surface area contributed by atoms with E-state index in [-0.39, 0.29) is 12.0 Å². The predicted octanol–water partition coefficient (Wildman–Crippen LogP) is 2.87. The van der Waals surface area contributed by atoms with Crippen LogP contribution in [0.15, 0.2) is 35.9 Å². The SMILES string of the molecule is CC=C(C=O)C1CC2NCCc3c2n(c2ccccc32)C(O)C1. The molecule has 0 spiro atoms. The summed E-state index contributed by atoms with van der Waals surface area (Å²) >= 11 is 0. The smallest absolute Gasteiger partial charge is 0.145 e. The van der Waals surface area contributed by atoms with E-state index in [1.165, 1.54) is 16.6 Å². The molecule has 1 aromatic carbocycles. The van der Waals surface area contributed by atoms with Gasteiger partial charge in [0.2, 0.25) is 0 Å². The van der Waals surface area contributed by atoms with Gasteiger partial charge in [0.05, 0.1) is 5.52 Å². The lowest BCUT2D eigenvalue weighted by atomic mass is 9.87. The van der Waals surface area contributed by atoms with Crippen LogP contribution >= 0.6 is 0 Å². The lowest BCUT2D eigenvalue weighted by molar-refractivity contribution is -0.105. The number of nitrogens with zero attached hydrogens (tertiary/aromatic N) is 1. The topological polar surface area (TPSA) is 54.3 Å². The predicted molar refractivity (Wildman–Crippen MR) is 90.2 cm³/mol. The van der Waals surface area contributed by atoms with Crippen LogP contribution < -0.4 is 5.32 Å². The molecule has 4 heteroatoms. The van der Waals surface area contributed by atoms with E-state index in [9.17, 15) is 9.90 Å². The van der Waals surface area contributed by atoms with Crippen LogP contribution in [0.5, 0.6) is 0 Å². The molecule has 120 valence electrons. The van der Waals surface area contributed by atoms with Crippen molar-refractivity contribution in [3.05, 3.63) is 47.2 Å². The zero-order valence-electron chi connectivity index (χ0n) is 13.3. The van der Waals surface area contributed by atoms with E-state index in [0.717, 1.165) is 36.8 Å². The molecule has 3 unspecified atom stereocenters. The number of para-hydroxylation sites is 1. The van der Waals surface area contributed by atoms with Gasteiger partial charge in [-0.25, -0.2) is 0 Å². The summed E-state index contributed by atoms with van der Waals surface area (Å²) in [6.45, 7) is 2.84. The molecule has 2 N–H and O–H groups in total. The van der Waals surface area contributed by atoms with Gasteiger partial charge in [-0.15, -0.1) is 0 Å². The third-order valence-corrected chi connectivity index (χ3v) is 5.41. The Bertz CT molecular complexity index is 790. The summed E-state index contributed by atoms with van der Waals surface area (Å²) in [5.41, 5.74) is 4.48. The highest BCUT2D eigenvalue weighted by Gasteiger charge is 2.36. The van der Waals surface area contributed by atoms with E-state index in [1.807, 2.05) is 19.1 Å². The molecule has 2 aliphatic heterocycles. The summed E-state index contributed by atoms with van der Waals surface area (Å²) in [5, 5.41) is 15.7. The Labute approximate surface area is 135 Å². The molecule has 3 atom stereocenters. The van der Waals surface area contributed by atoms with Gasteiger partial charge in [-0.1, -0.05) is 24.3 Å². The van der Waals surface area contributed by atoms with Crippen molar-refractivity contribution >= 4 is 17.2 Å². The summed E-state index contributed by atoms with van der Waals surface area (Å²) in [6, 6.07) is 8.53. The standard InChI is InChI=1S/C19H22N2O2/c1-2-12(11-22)13-9-16-19-15(7-8-20-16)14-5-3-4-6-17(14)21(19)18(23)10-13/h2-6,11,13,16,18,20,23H,7-10H2,1H3. The number of hydrogen-bond acceptors (Lipinski definition) is 3. The molecular formula is C19H22N2O2. The van der Waals surface area contributed by atoms with Crippen LogP contribution in [0.1, 0.15) is 43.3 Å². The maximum absolute atomic E-state index is 11.4. The normalized spacial score (nSPS) is 27.6. The van der Waals surface area contributed by atoms with Gasteiger partial charge >= 0.3 is 0 Å². The fourth-order valence-corrected chi connectivity index (χ4v) is 4.39. The first kappa shape index (κ1) is 14.7. The number of carbonyl (C=O) groups excluding carboxylic acids is 1. The Balaban J connectivity index is 1.90. The number of carbonyl (C=O) groups is 1. The number of aliphatic hydroxyl groups is 1. The highest BCUT2D eigenvalue weighted by atomic mass is 16.3. The van der Waals surface area contributed by atoms with E-state index >= 15 is 0 Å². The number of nitrogens with one attached hydrogen (secondary N) is 1. The average Bonchev–Trinajstić information content (AvgIpc) is 2.83. The number of allylic oxidation sites excluding steroid dienone is 2. The monoisotopic (exact) mass is 310 g/mol. The van der Waals surface area contributed by atoms with Gasteiger partial charge in [0.1, 0.15) is 12.5 Å². The zero-order valence-corrected chi connectivity index (χ0v) is 13.3. The number of benzene rings is 1. The second-order valence-corrected chi connectivity index (χ2v) is 6.56. The van der Waals surface area contributed by atoms with E-state index in [0.29, 0.717) is 6.42 Å². The molecule has 4 nitrogen and oxygen atoms in total. The average molecular weight is 310 g/mol. The van der Waals surface area contributed by atoms with Crippen molar-refractivity contribution in [2.75, 3.05) is 6.54 Å². The molecular weight excluding hydrogens is 288 g/mol. The Hall–Kier alpha value is -1.91. The molecule has 0 fully saturated rings. The molecule has 0 saturated heterocycles. The molecule has 0 saturated carbocycles. The Morgan fingerprint density at radius 2 is 2.17 bits per heavy atom. The lowest BCUT2D eigenvalue weighted by Crippen LogP contribution is -2.31. The van der Waals surface area contributed by atoms with E-state index in [2.05, 4.69) is 28.1 Å². The molecule has 23 heavy (non-hydrogen) atoms. The van der Waals surface area contributed by atoms with Crippen molar-refractivity contribution in [1.82, 2.24) is 9.88 Å². The van der Waals surface area contributed by atoms with Crippen LogP contribution in [0.25, 0.3) is 10.9 Å². The fraction of sp³-hybridized carbons (Fsp3) is 0.421. The van der Waals surface area contributed by atoms with Gasteiger partial charge in [-0.05, 0) is 55.9 Å². The molecule has 0 aliphatic carbocycles. The quantitative estimate of drug-likeness (QED) is 0.662. The molecule has 4 rings (SSSR count). The third kappa shape index (κ3) is 2.17. The highest BCUT2D eigenvalue weighted by molar-refractivity contribution is 5.86. The van der Waals surface area contributed by atoms with Crippen molar-refractivity contribution in [1.29, 1.82) is 0 Å². The minimum absolute atomic E-state index is 0.0922. The Kier molecular flexibility index (Phi) is 3.58. The minimum atomic E-state index is -0.589. The largest absolute Gasteiger partial charge is 0.373 e. The number of hydrogen-bond donors (Lipinski definition) is 2. The van der Waals surface area contributed by atoms with Crippen LogP contribution in [0.4, 0.5) is 0 Å². The molecule has 0 bridgehead atoms. The zero-order chi connectivity index (χ0) is 16.0. The van der Waals surface area contributed by atoms with E-state index in [1.54, 1.807) is 0 Å². The third-order valence-electron chi connectivity index (χ3n) is 5.41. The van der Waals surface area contributed by atoms with E-state index in [4.69, 9.17) is 0 Å². The van der Waals surface area contributed by atoms with Crippen LogP contribution in [-0.4, -0.2) is 22.5 Å². The number of fused-ring (bicyclic) bond motifs is 3. The first-order valence-corrected chi connectivity index (χ1v) is 8.39.